The Bertz CT molecular complexity index is 333. The number of aromatic hydroxyl groups is 1. The largest absolute Gasteiger partial charge is 0.508 e. The molecular weight excluding hydrogens is 186 g/mol. The van der Waals surface area contributed by atoms with Crippen LogP contribution >= 0.6 is 0 Å². The van der Waals surface area contributed by atoms with Crippen LogP contribution in [-0.4, -0.2) is 29.1 Å². The lowest BCUT2D eigenvalue weighted by atomic mass is 10.3. The quantitative estimate of drug-likeness (QED) is 0.683. The lowest BCUT2D eigenvalue weighted by Crippen LogP contribution is -2.27. The Hall–Kier alpha value is -2.04. The fraction of sp³-hybridized carbons (Fsp3) is 0.111. The molecule has 0 unspecified atom stereocenters. The molecule has 0 fully saturated rings. The predicted octanol–water partition coefficient (Wildman–Crippen LogP) is 0.440. The topological polar surface area (TPSA) is 77.8 Å². The molecule has 5 nitrogen and oxygen atoms in total. The van der Waals surface area contributed by atoms with Crippen LogP contribution in [0.3, 0.4) is 0 Å². The van der Waals surface area contributed by atoms with Crippen molar-refractivity contribution in [3.8, 4) is 5.75 Å². The van der Waals surface area contributed by atoms with Crippen LogP contribution in [0.25, 0.3) is 0 Å². The van der Waals surface area contributed by atoms with Gasteiger partial charge in [-0.25, -0.2) is 0 Å². The van der Waals surface area contributed by atoms with Crippen molar-refractivity contribution in [2.75, 3.05) is 11.4 Å². The number of benzene rings is 1. The number of nitrogens with zero attached hydrogens (tertiary/aromatic N) is 1. The standard InChI is InChI=1S/C9H9NO4/c11-6-10(5-9(13)14)7-1-3-8(12)4-2-7/h1-4,6,12H,5H2,(H,13,14). The Morgan fingerprint density at radius 3 is 2.36 bits per heavy atom. The second-order valence-corrected chi connectivity index (χ2v) is 2.64. The highest BCUT2D eigenvalue weighted by molar-refractivity contribution is 5.84. The zero-order valence-electron chi connectivity index (χ0n) is 7.25. The first-order chi connectivity index (χ1) is 6.63. The molecule has 0 bridgehead atoms. The molecule has 0 saturated heterocycles. The molecule has 1 rings (SSSR count). The molecule has 14 heavy (non-hydrogen) atoms. The molecule has 0 aliphatic rings. The van der Waals surface area contributed by atoms with Gasteiger partial charge in [0.05, 0.1) is 0 Å². The Balaban J connectivity index is 2.84. The summed E-state index contributed by atoms with van der Waals surface area (Å²) < 4.78 is 0. The lowest BCUT2D eigenvalue weighted by molar-refractivity contribution is -0.136. The zero-order valence-corrected chi connectivity index (χ0v) is 7.25. The molecule has 0 aliphatic heterocycles. The minimum Gasteiger partial charge on any atom is -0.508 e. The van der Waals surface area contributed by atoms with Crippen LogP contribution in [-0.2, 0) is 9.59 Å². The average molecular weight is 195 g/mol. The summed E-state index contributed by atoms with van der Waals surface area (Å²) >= 11 is 0. The zero-order chi connectivity index (χ0) is 10.6. The third kappa shape index (κ3) is 2.48. The molecular formula is C9H9NO4. The van der Waals surface area contributed by atoms with Gasteiger partial charge in [-0.3, -0.25) is 9.59 Å². The van der Waals surface area contributed by atoms with Crippen molar-refractivity contribution in [2.45, 2.75) is 0 Å². The van der Waals surface area contributed by atoms with E-state index in [0.717, 1.165) is 4.90 Å². The van der Waals surface area contributed by atoms with Gasteiger partial charge < -0.3 is 15.1 Å². The van der Waals surface area contributed by atoms with E-state index in [2.05, 4.69) is 0 Å². The van der Waals surface area contributed by atoms with E-state index < -0.39 is 12.5 Å². The van der Waals surface area contributed by atoms with Crippen molar-refractivity contribution in [1.29, 1.82) is 0 Å². The average Bonchev–Trinajstić information content (AvgIpc) is 2.15. The molecule has 0 atom stereocenters. The van der Waals surface area contributed by atoms with Crippen LogP contribution < -0.4 is 4.90 Å². The molecule has 0 aromatic heterocycles. The van der Waals surface area contributed by atoms with E-state index in [4.69, 9.17) is 10.2 Å². The Morgan fingerprint density at radius 1 is 1.36 bits per heavy atom. The highest BCUT2D eigenvalue weighted by Crippen LogP contribution is 2.16. The fourth-order valence-electron chi connectivity index (χ4n) is 0.979. The number of rotatable bonds is 4. The van der Waals surface area contributed by atoms with Crippen LogP contribution in [0.5, 0.6) is 5.75 Å². The van der Waals surface area contributed by atoms with Gasteiger partial charge in [-0.15, -0.1) is 0 Å². The summed E-state index contributed by atoms with van der Waals surface area (Å²) in [6.07, 6.45) is 0.431. The van der Waals surface area contributed by atoms with Crippen LogP contribution in [0.2, 0.25) is 0 Å². The Morgan fingerprint density at radius 2 is 1.93 bits per heavy atom. The predicted molar refractivity (Wildman–Crippen MR) is 49.2 cm³/mol. The maximum atomic E-state index is 10.5. The molecule has 0 radical (unpaired) electrons. The molecule has 1 amide bonds. The summed E-state index contributed by atoms with van der Waals surface area (Å²) in [6.45, 7) is -0.395. The Kier molecular flexibility index (Phi) is 3.06. The molecule has 5 heteroatoms. The summed E-state index contributed by atoms with van der Waals surface area (Å²) in [5.74, 6) is -1.03. The summed E-state index contributed by atoms with van der Waals surface area (Å²) in [7, 11) is 0. The third-order valence-electron chi connectivity index (χ3n) is 1.61. The molecule has 2 N–H and O–H groups in total. The molecule has 1 aromatic carbocycles. The SMILES string of the molecule is O=CN(CC(=O)O)c1ccc(O)cc1. The molecule has 1 aromatic rings. The van der Waals surface area contributed by atoms with Crippen LogP contribution in [0.15, 0.2) is 24.3 Å². The Labute approximate surface area is 80.2 Å². The summed E-state index contributed by atoms with van der Waals surface area (Å²) in [5.41, 5.74) is 0.431. The van der Waals surface area contributed by atoms with E-state index in [1.165, 1.54) is 24.3 Å². The van der Waals surface area contributed by atoms with Crippen LogP contribution in [0, 0.1) is 0 Å². The van der Waals surface area contributed by atoms with Gasteiger partial charge in [-0.2, -0.15) is 0 Å². The smallest absolute Gasteiger partial charge is 0.323 e. The second-order valence-electron chi connectivity index (χ2n) is 2.64. The molecule has 0 aliphatic carbocycles. The van der Waals surface area contributed by atoms with E-state index in [1.807, 2.05) is 0 Å². The number of phenols is 1. The first kappa shape index (κ1) is 10.0. The number of aliphatic carboxylic acids is 1. The van der Waals surface area contributed by atoms with Gasteiger partial charge in [0.2, 0.25) is 6.41 Å². The first-order valence-electron chi connectivity index (χ1n) is 3.86. The minimum atomic E-state index is -1.09. The number of hydrogen-bond acceptors (Lipinski definition) is 3. The van der Waals surface area contributed by atoms with E-state index >= 15 is 0 Å². The first-order valence-corrected chi connectivity index (χ1v) is 3.86. The van der Waals surface area contributed by atoms with Gasteiger partial charge in [0.25, 0.3) is 0 Å². The molecule has 0 spiro atoms. The van der Waals surface area contributed by atoms with Gasteiger partial charge in [0.1, 0.15) is 12.3 Å². The van der Waals surface area contributed by atoms with Gasteiger partial charge in [0, 0.05) is 5.69 Å². The second kappa shape index (κ2) is 4.27. The number of phenolic OH excluding ortho intramolecular Hbond substituents is 1. The maximum Gasteiger partial charge on any atom is 0.323 e. The summed E-state index contributed by atoms with van der Waals surface area (Å²) in [5, 5.41) is 17.5. The van der Waals surface area contributed by atoms with Crippen molar-refractivity contribution in [1.82, 2.24) is 0 Å². The molecule has 0 saturated carbocycles. The van der Waals surface area contributed by atoms with Crippen molar-refractivity contribution in [2.24, 2.45) is 0 Å². The number of carboxylic acids is 1. The number of carbonyl (C=O) groups excluding carboxylic acids is 1. The van der Waals surface area contributed by atoms with Gasteiger partial charge in [-0.1, -0.05) is 0 Å². The lowest BCUT2D eigenvalue weighted by Gasteiger charge is -2.14. The maximum absolute atomic E-state index is 10.5. The van der Waals surface area contributed by atoms with Crippen LogP contribution in [0.1, 0.15) is 0 Å². The highest BCUT2D eigenvalue weighted by atomic mass is 16.4. The van der Waals surface area contributed by atoms with E-state index in [1.54, 1.807) is 0 Å². The molecule has 74 valence electrons. The number of hydrogen-bond donors (Lipinski definition) is 2. The van der Waals surface area contributed by atoms with Crippen molar-refractivity contribution in [3.63, 3.8) is 0 Å². The van der Waals surface area contributed by atoms with E-state index in [9.17, 15) is 9.59 Å². The monoisotopic (exact) mass is 195 g/mol. The van der Waals surface area contributed by atoms with E-state index in [0.29, 0.717) is 12.1 Å². The highest BCUT2D eigenvalue weighted by Gasteiger charge is 2.08. The number of amides is 1. The van der Waals surface area contributed by atoms with Gasteiger partial charge in [0.15, 0.2) is 0 Å². The number of carbonyl (C=O) groups is 2. The van der Waals surface area contributed by atoms with E-state index in [-0.39, 0.29) is 5.75 Å². The van der Waals surface area contributed by atoms with Gasteiger partial charge in [-0.05, 0) is 24.3 Å². The molecule has 0 heterocycles. The van der Waals surface area contributed by atoms with Crippen molar-refractivity contribution >= 4 is 18.1 Å². The number of carboxylic acid groups (broad SMARTS) is 1. The summed E-state index contributed by atoms with van der Waals surface area (Å²) in [4.78, 5) is 21.9. The van der Waals surface area contributed by atoms with Crippen molar-refractivity contribution < 1.29 is 19.8 Å². The minimum absolute atomic E-state index is 0.0647. The van der Waals surface area contributed by atoms with Crippen LogP contribution in [0.4, 0.5) is 5.69 Å². The van der Waals surface area contributed by atoms with Crippen molar-refractivity contribution in [3.05, 3.63) is 24.3 Å². The summed E-state index contributed by atoms with van der Waals surface area (Å²) in [6, 6.07) is 5.70. The third-order valence-corrected chi connectivity index (χ3v) is 1.61. The normalized spacial score (nSPS) is 9.43. The fourth-order valence-corrected chi connectivity index (χ4v) is 0.979. The van der Waals surface area contributed by atoms with Gasteiger partial charge >= 0.3 is 5.97 Å². The number of anilines is 1.